The first kappa shape index (κ1) is 18.9. The molecule has 0 atom stereocenters. The van der Waals surface area contributed by atoms with Crippen LogP contribution in [-0.2, 0) is 5.41 Å². The van der Waals surface area contributed by atoms with E-state index in [0.29, 0.717) is 0 Å². The first-order chi connectivity index (χ1) is 15.9. The highest BCUT2D eigenvalue weighted by molar-refractivity contribution is 5.87. The standard InChI is InChI=1S/C31H25N/c1-4-12-23(13-5-1)31(24-14-6-2-7-15-24)29-19-11-10-18-27(29)28-21-20-26(22-30(28)31)32-25-16-8-3-9-17-25/h1-2,4-8,10-22,32H,3,9H2. The summed E-state index contributed by atoms with van der Waals surface area (Å²) in [7, 11) is 0. The Morgan fingerprint density at radius 3 is 1.94 bits per heavy atom. The molecule has 0 unspecified atom stereocenters. The van der Waals surface area contributed by atoms with Crippen molar-refractivity contribution in [1.82, 2.24) is 0 Å². The average Bonchev–Trinajstić information content (AvgIpc) is 3.16. The SMILES string of the molecule is C1=CC(Nc2ccc3c(c2)C(c2ccccc2)(c2ccccc2)c2ccccc2-3)=CCC1. The van der Waals surface area contributed by atoms with Gasteiger partial charge in [-0.25, -0.2) is 0 Å². The topological polar surface area (TPSA) is 12.0 Å². The van der Waals surface area contributed by atoms with Crippen molar-refractivity contribution in [1.29, 1.82) is 0 Å². The summed E-state index contributed by atoms with van der Waals surface area (Å²) in [4.78, 5) is 0. The minimum Gasteiger partial charge on any atom is -0.356 e. The highest BCUT2D eigenvalue weighted by Gasteiger charge is 2.45. The molecule has 0 aliphatic heterocycles. The minimum atomic E-state index is -0.344. The fourth-order valence-corrected chi connectivity index (χ4v) is 5.39. The lowest BCUT2D eigenvalue weighted by Crippen LogP contribution is -2.28. The zero-order valence-electron chi connectivity index (χ0n) is 18.0. The number of rotatable bonds is 4. The Hall–Kier alpha value is -3.84. The van der Waals surface area contributed by atoms with Gasteiger partial charge in [-0.05, 0) is 64.4 Å². The zero-order valence-corrected chi connectivity index (χ0v) is 18.0. The number of allylic oxidation sites excluding steroid dienone is 3. The van der Waals surface area contributed by atoms with Crippen LogP contribution >= 0.6 is 0 Å². The molecular weight excluding hydrogens is 386 g/mol. The van der Waals surface area contributed by atoms with Gasteiger partial charge in [-0.3, -0.25) is 0 Å². The quantitative estimate of drug-likeness (QED) is 0.319. The van der Waals surface area contributed by atoms with Gasteiger partial charge >= 0.3 is 0 Å². The van der Waals surface area contributed by atoms with E-state index in [1.807, 2.05) is 0 Å². The first-order valence-electron chi connectivity index (χ1n) is 11.4. The van der Waals surface area contributed by atoms with E-state index in [2.05, 4.69) is 127 Å². The summed E-state index contributed by atoms with van der Waals surface area (Å²) in [6, 6.07) is 37.6. The van der Waals surface area contributed by atoms with Gasteiger partial charge in [0.15, 0.2) is 0 Å². The molecule has 0 radical (unpaired) electrons. The summed E-state index contributed by atoms with van der Waals surface area (Å²) >= 11 is 0. The highest BCUT2D eigenvalue weighted by atomic mass is 14.9. The molecule has 1 nitrogen and oxygen atoms in total. The predicted molar refractivity (Wildman–Crippen MR) is 134 cm³/mol. The molecule has 0 aromatic heterocycles. The zero-order chi connectivity index (χ0) is 21.4. The fourth-order valence-electron chi connectivity index (χ4n) is 5.39. The van der Waals surface area contributed by atoms with Gasteiger partial charge in [-0.2, -0.15) is 0 Å². The second-order valence-corrected chi connectivity index (χ2v) is 8.55. The maximum atomic E-state index is 3.65. The lowest BCUT2D eigenvalue weighted by Gasteiger charge is -2.34. The van der Waals surface area contributed by atoms with Gasteiger partial charge in [-0.1, -0.05) is 103 Å². The van der Waals surface area contributed by atoms with Gasteiger partial charge in [0.2, 0.25) is 0 Å². The molecule has 0 spiro atoms. The van der Waals surface area contributed by atoms with Gasteiger partial charge in [0, 0.05) is 11.4 Å². The van der Waals surface area contributed by atoms with Gasteiger partial charge in [-0.15, -0.1) is 0 Å². The second kappa shape index (κ2) is 7.69. The molecule has 0 amide bonds. The minimum absolute atomic E-state index is 0.344. The lowest BCUT2D eigenvalue weighted by atomic mass is 9.67. The summed E-state index contributed by atoms with van der Waals surface area (Å²) in [5.74, 6) is 0. The van der Waals surface area contributed by atoms with E-state index in [1.165, 1.54) is 39.1 Å². The largest absolute Gasteiger partial charge is 0.356 e. The smallest absolute Gasteiger partial charge is 0.0714 e. The number of fused-ring (bicyclic) bond motifs is 3. The summed E-state index contributed by atoms with van der Waals surface area (Å²) in [6.45, 7) is 0. The van der Waals surface area contributed by atoms with E-state index in [9.17, 15) is 0 Å². The van der Waals surface area contributed by atoms with Gasteiger partial charge < -0.3 is 5.32 Å². The molecule has 32 heavy (non-hydrogen) atoms. The monoisotopic (exact) mass is 411 g/mol. The number of benzene rings is 4. The van der Waals surface area contributed by atoms with E-state index in [0.717, 1.165) is 18.5 Å². The maximum absolute atomic E-state index is 3.65. The van der Waals surface area contributed by atoms with E-state index in [4.69, 9.17) is 0 Å². The summed E-state index contributed by atoms with van der Waals surface area (Å²) in [6.07, 6.45) is 8.92. The van der Waals surface area contributed by atoms with Crippen LogP contribution in [0.5, 0.6) is 0 Å². The Balaban J connectivity index is 1.64. The summed E-state index contributed by atoms with van der Waals surface area (Å²) in [5, 5.41) is 3.65. The summed E-state index contributed by atoms with van der Waals surface area (Å²) in [5.41, 5.74) is 9.87. The highest BCUT2D eigenvalue weighted by Crippen LogP contribution is 2.56. The maximum Gasteiger partial charge on any atom is 0.0714 e. The van der Waals surface area contributed by atoms with Crippen LogP contribution in [0.15, 0.2) is 127 Å². The van der Waals surface area contributed by atoms with E-state index in [-0.39, 0.29) is 5.41 Å². The number of hydrogen-bond donors (Lipinski definition) is 1. The van der Waals surface area contributed by atoms with Crippen LogP contribution in [0.1, 0.15) is 35.1 Å². The van der Waals surface area contributed by atoms with Crippen molar-refractivity contribution >= 4 is 5.69 Å². The molecule has 1 N–H and O–H groups in total. The van der Waals surface area contributed by atoms with Crippen molar-refractivity contribution in [2.45, 2.75) is 18.3 Å². The van der Waals surface area contributed by atoms with Gasteiger partial charge in [0.05, 0.1) is 5.41 Å². The van der Waals surface area contributed by atoms with E-state index in [1.54, 1.807) is 0 Å². The second-order valence-electron chi connectivity index (χ2n) is 8.55. The predicted octanol–water partition coefficient (Wildman–Crippen LogP) is 7.70. The Labute approximate surface area is 189 Å². The van der Waals surface area contributed by atoms with Crippen molar-refractivity contribution in [2.24, 2.45) is 0 Å². The molecule has 154 valence electrons. The van der Waals surface area contributed by atoms with Crippen LogP contribution < -0.4 is 5.32 Å². The molecule has 1 heteroatoms. The molecule has 0 fully saturated rings. The third kappa shape index (κ3) is 2.85. The van der Waals surface area contributed by atoms with Gasteiger partial charge in [0.25, 0.3) is 0 Å². The molecule has 0 heterocycles. The normalized spacial score (nSPS) is 15.6. The number of hydrogen-bond acceptors (Lipinski definition) is 1. The molecule has 0 saturated heterocycles. The van der Waals surface area contributed by atoms with Crippen LogP contribution in [-0.4, -0.2) is 0 Å². The Kier molecular flexibility index (Phi) is 4.54. The number of anilines is 1. The molecule has 0 bridgehead atoms. The van der Waals surface area contributed by atoms with E-state index >= 15 is 0 Å². The van der Waals surface area contributed by atoms with Crippen molar-refractivity contribution in [3.05, 3.63) is 149 Å². The molecule has 2 aliphatic rings. The number of nitrogens with one attached hydrogen (secondary N) is 1. The average molecular weight is 412 g/mol. The molecule has 0 saturated carbocycles. The van der Waals surface area contributed by atoms with Crippen LogP contribution in [0.3, 0.4) is 0 Å². The summed E-state index contributed by atoms with van der Waals surface area (Å²) < 4.78 is 0. The Morgan fingerprint density at radius 1 is 0.594 bits per heavy atom. The third-order valence-electron chi connectivity index (χ3n) is 6.74. The Morgan fingerprint density at radius 2 is 1.25 bits per heavy atom. The Bertz CT molecular complexity index is 1290. The van der Waals surface area contributed by atoms with Crippen molar-refractivity contribution < 1.29 is 0 Å². The van der Waals surface area contributed by atoms with Crippen LogP contribution in [0.2, 0.25) is 0 Å². The van der Waals surface area contributed by atoms with Crippen molar-refractivity contribution in [3.8, 4) is 11.1 Å². The van der Waals surface area contributed by atoms with Crippen LogP contribution in [0.25, 0.3) is 11.1 Å². The van der Waals surface area contributed by atoms with Crippen molar-refractivity contribution in [3.63, 3.8) is 0 Å². The van der Waals surface area contributed by atoms with Crippen LogP contribution in [0, 0.1) is 0 Å². The molecule has 4 aromatic rings. The van der Waals surface area contributed by atoms with Crippen molar-refractivity contribution in [2.75, 3.05) is 5.32 Å². The van der Waals surface area contributed by atoms with Crippen LogP contribution in [0.4, 0.5) is 5.69 Å². The lowest BCUT2D eigenvalue weighted by molar-refractivity contribution is 0.769. The van der Waals surface area contributed by atoms with Gasteiger partial charge in [0.1, 0.15) is 0 Å². The fraction of sp³-hybridized carbons (Fsp3) is 0.0968. The molecule has 4 aromatic carbocycles. The molecule has 6 rings (SSSR count). The first-order valence-corrected chi connectivity index (χ1v) is 11.4. The molecule has 2 aliphatic carbocycles. The van der Waals surface area contributed by atoms with E-state index < -0.39 is 0 Å². The molecular formula is C31H25N. The third-order valence-corrected chi connectivity index (χ3v) is 6.74.